The molecule has 3 aromatic rings. The third-order valence-corrected chi connectivity index (χ3v) is 5.15. The fourth-order valence-corrected chi connectivity index (χ4v) is 3.78. The fourth-order valence-electron chi connectivity index (χ4n) is 1.74. The summed E-state index contributed by atoms with van der Waals surface area (Å²) >= 11 is 6.89. The van der Waals surface area contributed by atoms with E-state index in [9.17, 15) is 0 Å². The van der Waals surface area contributed by atoms with E-state index in [1.165, 1.54) is 16.0 Å². The monoisotopic (exact) mass is 335 g/mol. The van der Waals surface area contributed by atoms with E-state index in [-0.39, 0.29) is 0 Å². The Morgan fingerprint density at radius 3 is 2.50 bits per heavy atom. The molecule has 0 aliphatic carbocycles. The molecule has 0 atom stereocenters. The van der Waals surface area contributed by atoms with Crippen LogP contribution in [0.1, 0.15) is 5.56 Å². The van der Waals surface area contributed by atoms with Crippen molar-refractivity contribution in [2.75, 3.05) is 0 Å². The van der Waals surface area contributed by atoms with Crippen molar-refractivity contribution in [3.63, 3.8) is 0 Å². The quantitative estimate of drug-likeness (QED) is 0.593. The molecule has 2 heterocycles. The number of benzene rings is 1. The Morgan fingerprint density at radius 2 is 1.83 bits per heavy atom. The lowest BCUT2D eigenvalue weighted by Gasteiger charge is -1.96. The van der Waals surface area contributed by atoms with Gasteiger partial charge in [0.25, 0.3) is 0 Å². The molecule has 3 rings (SSSR count). The van der Waals surface area contributed by atoms with Crippen molar-refractivity contribution in [1.82, 2.24) is 4.98 Å². The fraction of sp³-hybridized carbons (Fsp3) is 0.0714. The molecular formula is C14H10BrNS2. The van der Waals surface area contributed by atoms with Gasteiger partial charge in [0.1, 0.15) is 5.01 Å². The highest BCUT2D eigenvalue weighted by Crippen LogP contribution is 2.33. The summed E-state index contributed by atoms with van der Waals surface area (Å²) in [5, 5.41) is 5.32. The molecule has 0 saturated heterocycles. The molecule has 0 bridgehead atoms. The maximum atomic E-state index is 4.73. The van der Waals surface area contributed by atoms with E-state index < -0.39 is 0 Å². The molecule has 0 fully saturated rings. The molecule has 18 heavy (non-hydrogen) atoms. The number of hydrogen-bond donors (Lipinski definition) is 0. The van der Waals surface area contributed by atoms with Gasteiger partial charge in [0.05, 0.1) is 10.6 Å². The highest BCUT2D eigenvalue weighted by atomic mass is 79.9. The smallest absolute Gasteiger partial charge is 0.124 e. The molecule has 1 nitrogen and oxygen atoms in total. The highest BCUT2D eigenvalue weighted by molar-refractivity contribution is 9.10. The van der Waals surface area contributed by atoms with E-state index in [0.717, 1.165) is 15.2 Å². The summed E-state index contributed by atoms with van der Waals surface area (Å²) < 4.78 is 1.09. The SMILES string of the molecule is Cc1ccsc1-c1csc(-c2ccc(Br)cc2)n1. The lowest BCUT2D eigenvalue weighted by Crippen LogP contribution is -1.78. The van der Waals surface area contributed by atoms with Crippen molar-refractivity contribution < 1.29 is 0 Å². The molecule has 1 aromatic carbocycles. The van der Waals surface area contributed by atoms with Gasteiger partial charge >= 0.3 is 0 Å². The minimum atomic E-state index is 1.07. The van der Waals surface area contributed by atoms with Crippen LogP contribution in [0.4, 0.5) is 0 Å². The molecule has 0 spiro atoms. The summed E-state index contributed by atoms with van der Waals surface area (Å²) in [6, 6.07) is 10.4. The van der Waals surface area contributed by atoms with Gasteiger partial charge in [0.15, 0.2) is 0 Å². The molecule has 0 aliphatic heterocycles. The van der Waals surface area contributed by atoms with Gasteiger partial charge in [0, 0.05) is 15.4 Å². The zero-order valence-corrected chi connectivity index (χ0v) is 12.9. The van der Waals surface area contributed by atoms with E-state index in [0.29, 0.717) is 0 Å². The molecule has 0 saturated carbocycles. The Kier molecular flexibility index (Phi) is 3.33. The maximum Gasteiger partial charge on any atom is 0.124 e. The van der Waals surface area contributed by atoms with Crippen molar-refractivity contribution in [1.29, 1.82) is 0 Å². The third-order valence-electron chi connectivity index (χ3n) is 2.69. The normalized spacial score (nSPS) is 10.8. The molecule has 0 amide bonds. The Bertz CT molecular complexity index is 667. The average Bonchev–Trinajstić information content (AvgIpc) is 2.98. The van der Waals surface area contributed by atoms with E-state index in [2.05, 4.69) is 51.8 Å². The molecule has 2 aromatic heterocycles. The molecule has 0 unspecified atom stereocenters. The second-order valence-electron chi connectivity index (χ2n) is 3.98. The number of hydrogen-bond acceptors (Lipinski definition) is 3. The number of halogens is 1. The Morgan fingerprint density at radius 1 is 1.06 bits per heavy atom. The first kappa shape index (κ1) is 12.1. The van der Waals surface area contributed by atoms with Crippen LogP contribution in [-0.4, -0.2) is 4.98 Å². The van der Waals surface area contributed by atoms with Gasteiger partial charge < -0.3 is 0 Å². The average molecular weight is 336 g/mol. The van der Waals surface area contributed by atoms with E-state index in [4.69, 9.17) is 4.98 Å². The second kappa shape index (κ2) is 4.96. The van der Waals surface area contributed by atoms with Crippen molar-refractivity contribution in [2.45, 2.75) is 6.92 Å². The summed E-state index contributed by atoms with van der Waals surface area (Å²) in [5.74, 6) is 0. The highest BCUT2D eigenvalue weighted by Gasteiger charge is 2.09. The number of thiophene rings is 1. The first-order chi connectivity index (χ1) is 8.74. The topological polar surface area (TPSA) is 12.9 Å². The summed E-state index contributed by atoms with van der Waals surface area (Å²) in [6.45, 7) is 2.13. The predicted octanol–water partition coefficient (Wildman–Crippen LogP) is 5.61. The van der Waals surface area contributed by atoms with Gasteiger partial charge in [-0.25, -0.2) is 4.98 Å². The molecule has 4 heteroatoms. The van der Waals surface area contributed by atoms with Gasteiger partial charge in [-0.05, 0) is 36.1 Å². The summed E-state index contributed by atoms with van der Waals surface area (Å²) in [7, 11) is 0. The number of aromatic nitrogens is 1. The summed E-state index contributed by atoms with van der Waals surface area (Å²) in [5.41, 5.74) is 3.56. The Hall–Kier alpha value is -0.970. The van der Waals surface area contributed by atoms with Crippen LogP contribution in [-0.2, 0) is 0 Å². The minimum absolute atomic E-state index is 1.07. The molecule has 0 aliphatic rings. The van der Waals surface area contributed by atoms with E-state index in [1.54, 1.807) is 22.7 Å². The predicted molar refractivity (Wildman–Crippen MR) is 83.3 cm³/mol. The van der Waals surface area contributed by atoms with Crippen molar-refractivity contribution in [3.8, 4) is 21.1 Å². The number of rotatable bonds is 2. The molecule has 90 valence electrons. The Labute approximate surface area is 122 Å². The maximum absolute atomic E-state index is 4.73. The van der Waals surface area contributed by atoms with Gasteiger partial charge in [-0.2, -0.15) is 0 Å². The van der Waals surface area contributed by atoms with Crippen molar-refractivity contribution in [3.05, 3.63) is 51.1 Å². The van der Waals surface area contributed by atoms with E-state index >= 15 is 0 Å². The summed E-state index contributed by atoms with van der Waals surface area (Å²) in [4.78, 5) is 6.00. The van der Waals surface area contributed by atoms with Crippen LogP contribution in [0.25, 0.3) is 21.1 Å². The minimum Gasteiger partial charge on any atom is -0.235 e. The van der Waals surface area contributed by atoms with Crippen LogP contribution in [0.3, 0.4) is 0 Å². The zero-order chi connectivity index (χ0) is 12.5. The van der Waals surface area contributed by atoms with Crippen molar-refractivity contribution in [2.24, 2.45) is 0 Å². The van der Waals surface area contributed by atoms with Gasteiger partial charge in [-0.15, -0.1) is 22.7 Å². The van der Waals surface area contributed by atoms with Crippen LogP contribution >= 0.6 is 38.6 Å². The number of thiazole rings is 1. The largest absolute Gasteiger partial charge is 0.235 e. The Balaban J connectivity index is 1.99. The number of nitrogens with zero attached hydrogens (tertiary/aromatic N) is 1. The summed E-state index contributed by atoms with van der Waals surface area (Å²) in [6.07, 6.45) is 0. The van der Waals surface area contributed by atoms with E-state index in [1.807, 2.05) is 12.1 Å². The molecular weight excluding hydrogens is 326 g/mol. The third kappa shape index (κ3) is 2.28. The van der Waals surface area contributed by atoms with Crippen LogP contribution in [0.2, 0.25) is 0 Å². The van der Waals surface area contributed by atoms with Gasteiger partial charge in [-0.3, -0.25) is 0 Å². The number of aryl methyl sites for hydroxylation is 1. The first-order valence-corrected chi connectivity index (χ1v) is 8.05. The van der Waals surface area contributed by atoms with Crippen LogP contribution in [0.5, 0.6) is 0 Å². The molecule has 0 radical (unpaired) electrons. The van der Waals surface area contributed by atoms with Crippen LogP contribution < -0.4 is 0 Å². The van der Waals surface area contributed by atoms with Crippen molar-refractivity contribution >= 4 is 38.6 Å². The second-order valence-corrected chi connectivity index (χ2v) is 6.67. The van der Waals surface area contributed by atoms with Crippen LogP contribution in [0, 0.1) is 6.92 Å². The van der Waals surface area contributed by atoms with Gasteiger partial charge in [-0.1, -0.05) is 28.1 Å². The lowest BCUT2D eigenvalue weighted by atomic mass is 10.2. The molecule has 0 N–H and O–H groups in total. The lowest BCUT2D eigenvalue weighted by molar-refractivity contribution is 1.40. The standard InChI is InChI=1S/C14H10BrNS2/c1-9-6-7-17-13(9)12-8-18-14(16-12)10-2-4-11(15)5-3-10/h2-8H,1H3. The van der Waals surface area contributed by atoms with Gasteiger partial charge in [0.2, 0.25) is 0 Å². The zero-order valence-electron chi connectivity index (χ0n) is 9.68. The van der Waals surface area contributed by atoms with Crippen LogP contribution in [0.15, 0.2) is 45.6 Å². The first-order valence-electron chi connectivity index (χ1n) is 5.50.